The van der Waals surface area contributed by atoms with E-state index in [1.165, 1.54) is 24.0 Å². The van der Waals surface area contributed by atoms with E-state index in [2.05, 4.69) is 34.9 Å². The molecule has 2 amide bonds. The maximum atomic E-state index is 11.8. The lowest BCUT2D eigenvalue weighted by molar-refractivity contribution is 0.235. The van der Waals surface area contributed by atoms with Crippen LogP contribution in [0.5, 0.6) is 0 Å². The fourth-order valence-electron chi connectivity index (χ4n) is 2.67. The van der Waals surface area contributed by atoms with Gasteiger partial charge in [-0.25, -0.2) is 4.79 Å². The fraction of sp³-hybridized carbons (Fsp3) is 0.533. The van der Waals surface area contributed by atoms with E-state index >= 15 is 0 Å². The van der Waals surface area contributed by atoms with Crippen LogP contribution in [0.25, 0.3) is 0 Å². The van der Waals surface area contributed by atoms with Crippen molar-refractivity contribution in [1.82, 2.24) is 10.6 Å². The summed E-state index contributed by atoms with van der Waals surface area (Å²) < 4.78 is 0. The highest BCUT2D eigenvalue weighted by Crippen LogP contribution is 2.29. The number of hydrogen-bond acceptors (Lipinski definition) is 1. The predicted octanol–water partition coefficient (Wildman–Crippen LogP) is 2.77. The van der Waals surface area contributed by atoms with E-state index in [4.69, 9.17) is 0 Å². The second kappa shape index (κ2) is 5.01. The Morgan fingerprint density at radius 1 is 1.22 bits per heavy atom. The molecular weight excluding hydrogens is 224 g/mol. The van der Waals surface area contributed by atoms with Gasteiger partial charge < -0.3 is 10.6 Å². The quantitative estimate of drug-likeness (QED) is 0.843. The molecule has 0 bridgehead atoms. The third-order valence-corrected chi connectivity index (χ3v) is 3.92. The van der Waals surface area contributed by atoms with Gasteiger partial charge in [0, 0.05) is 6.54 Å². The molecule has 0 saturated heterocycles. The number of carbonyl (C=O) groups is 1. The molecular formula is C15H20N2O. The van der Waals surface area contributed by atoms with Crippen molar-refractivity contribution >= 4 is 6.03 Å². The average molecular weight is 244 g/mol. The zero-order valence-corrected chi connectivity index (χ0v) is 10.6. The van der Waals surface area contributed by atoms with Crippen LogP contribution in [0.4, 0.5) is 4.79 Å². The third kappa shape index (κ3) is 2.66. The number of aryl methyl sites for hydroxylation is 1. The van der Waals surface area contributed by atoms with Crippen molar-refractivity contribution < 1.29 is 4.79 Å². The van der Waals surface area contributed by atoms with Gasteiger partial charge in [-0.15, -0.1) is 0 Å². The summed E-state index contributed by atoms with van der Waals surface area (Å²) in [4.78, 5) is 11.8. The monoisotopic (exact) mass is 244 g/mol. The van der Waals surface area contributed by atoms with E-state index in [0.29, 0.717) is 0 Å². The molecule has 1 aromatic rings. The van der Waals surface area contributed by atoms with Crippen LogP contribution in [0.2, 0.25) is 0 Å². The Morgan fingerprint density at radius 3 is 2.89 bits per heavy atom. The van der Waals surface area contributed by atoms with Gasteiger partial charge in [-0.1, -0.05) is 24.3 Å². The lowest BCUT2D eigenvalue weighted by Crippen LogP contribution is -2.39. The molecule has 18 heavy (non-hydrogen) atoms. The first-order chi connectivity index (χ1) is 8.83. The third-order valence-electron chi connectivity index (χ3n) is 3.92. The Morgan fingerprint density at radius 2 is 2.06 bits per heavy atom. The molecule has 96 valence electrons. The van der Waals surface area contributed by atoms with Gasteiger partial charge in [-0.3, -0.25) is 0 Å². The molecule has 1 unspecified atom stereocenters. The van der Waals surface area contributed by atoms with Crippen LogP contribution in [0, 0.1) is 5.92 Å². The molecule has 1 saturated carbocycles. The topological polar surface area (TPSA) is 41.1 Å². The summed E-state index contributed by atoms with van der Waals surface area (Å²) in [6.45, 7) is 0.834. The Kier molecular flexibility index (Phi) is 3.22. The van der Waals surface area contributed by atoms with E-state index in [0.717, 1.165) is 31.7 Å². The van der Waals surface area contributed by atoms with Crippen LogP contribution in [-0.4, -0.2) is 12.6 Å². The molecule has 0 radical (unpaired) electrons. The van der Waals surface area contributed by atoms with Crippen molar-refractivity contribution in [2.75, 3.05) is 6.54 Å². The van der Waals surface area contributed by atoms with Gasteiger partial charge >= 0.3 is 6.03 Å². The van der Waals surface area contributed by atoms with Crippen molar-refractivity contribution in [1.29, 1.82) is 0 Å². The van der Waals surface area contributed by atoms with Gasteiger partial charge in [0.2, 0.25) is 0 Å². The zero-order chi connectivity index (χ0) is 12.4. The van der Waals surface area contributed by atoms with Crippen LogP contribution in [0.1, 0.15) is 42.9 Å². The molecule has 2 aliphatic rings. The van der Waals surface area contributed by atoms with Crippen LogP contribution in [0.3, 0.4) is 0 Å². The molecule has 0 aromatic heterocycles. The van der Waals surface area contributed by atoms with Gasteiger partial charge in [0.25, 0.3) is 0 Å². The molecule has 3 nitrogen and oxygen atoms in total. The lowest BCUT2D eigenvalue weighted by Gasteiger charge is -2.26. The van der Waals surface area contributed by atoms with Crippen molar-refractivity contribution in [2.24, 2.45) is 5.92 Å². The molecule has 0 aliphatic heterocycles. The van der Waals surface area contributed by atoms with E-state index in [1.54, 1.807) is 0 Å². The predicted molar refractivity (Wildman–Crippen MR) is 71.4 cm³/mol. The molecule has 0 heterocycles. The highest BCUT2D eigenvalue weighted by molar-refractivity contribution is 5.74. The normalized spacial score (nSPS) is 22.1. The Balaban J connectivity index is 1.60. The second-order valence-electron chi connectivity index (χ2n) is 5.44. The molecule has 3 rings (SSSR count). The van der Waals surface area contributed by atoms with Crippen molar-refractivity contribution in [3.8, 4) is 0 Å². The van der Waals surface area contributed by atoms with E-state index in [9.17, 15) is 4.79 Å². The molecule has 1 atom stereocenters. The van der Waals surface area contributed by atoms with Crippen LogP contribution < -0.4 is 10.6 Å². The van der Waals surface area contributed by atoms with Crippen LogP contribution in [0.15, 0.2) is 24.3 Å². The summed E-state index contributed by atoms with van der Waals surface area (Å²) in [5.41, 5.74) is 2.68. The maximum absolute atomic E-state index is 11.8. The van der Waals surface area contributed by atoms with Gasteiger partial charge in [0.15, 0.2) is 0 Å². The summed E-state index contributed by atoms with van der Waals surface area (Å²) >= 11 is 0. The van der Waals surface area contributed by atoms with Gasteiger partial charge in [0.05, 0.1) is 6.04 Å². The number of fused-ring (bicyclic) bond motifs is 1. The molecule has 1 aromatic carbocycles. The SMILES string of the molecule is O=C(NCC1CC1)NC1CCCc2ccccc21. The minimum Gasteiger partial charge on any atom is -0.338 e. The Labute approximate surface area is 108 Å². The van der Waals surface area contributed by atoms with Gasteiger partial charge in [0.1, 0.15) is 0 Å². The summed E-state index contributed by atoms with van der Waals surface area (Å²) in [5.74, 6) is 0.731. The minimum atomic E-state index is -0.0106. The number of urea groups is 1. The largest absolute Gasteiger partial charge is 0.338 e. The van der Waals surface area contributed by atoms with Crippen LogP contribution in [-0.2, 0) is 6.42 Å². The first-order valence-electron chi connectivity index (χ1n) is 6.95. The smallest absolute Gasteiger partial charge is 0.315 e. The van der Waals surface area contributed by atoms with Crippen molar-refractivity contribution in [3.05, 3.63) is 35.4 Å². The molecule has 0 spiro atoms. The molecule has 3 heteroatoms. The first kappa shape index (κ1) is 11.6. The van der Waals surface area contributed by atoms with E-state index in [-0.39, 0.29) is 12.1 Å². The standard InChI is InChI=1S/C15H20N2O/c18-15(16-10-11-8-9-11)17-14-7-3-5-12-4-1-2-6-13(12)14/h1-2,4,6,11,14H,3,5,7-10H2,(H2,16,17,18). The van der Waals surface area contributed by atoms with E-state index < -0.39 is 0 Å². The molecule has 1 fully saturated rings. The van der Waals surface area contributed by atoms with E-state index in [1.807, 2.05) is 0 Å². The molecule has 2 aliphatic carbocycles. The zero-order valence-electron chi connectivity index (χ0n) is 10.6. The maximum Gasteiger partial charge on any atom is 0.315 e. The van der Waals surface area contributed by atoms with Crippen molar-refractivity contribution in [3.63, 3.8) is 0 Å². The number of rotatable bonds is 3. The summed E-state index contributed by atoms with van der Waals surface area (Å²) in [7, 11) is 0. The average Bonchev–Trinajstić information content (AvgIpc) is 3.21. The van der Waals surface area contributed by atoms with Gasteiger partial charge in [-0.2, -0.15) is 0 Å². The summed E-state index contributed by atoms with van der Waals surface area (Å²) in [6.07, 6.45) is 5.88. The highest BCUT2D eigenvalue weighted by atomic mass is 16.2. The second-order valence-corrected chi connectivity index (χ2v) is 5.44. The summed E-state index contributed by atoms with van der Waals surface area (Å²) in [6, 6.07) is 8.62. The van der Waals surface area contributed by atoms with Gasteiger partial charge in [-0.05, 0) is 49.1 Å². The minimum absolute atomic E-state index is 0.0106. The molecule has 2 N–H and O–H groups in total. The lowest BCUT2D eigenvalue weighted by atomic mass is 9.88. The first-order valence-corrected chi connectivity index (χ1v) is 6.95. The number of amides is 2. The fourth-order valence-corrected chi connectivity index (χ4v) is 2.67. The Bertz CT molecular complexity index is 440. The highest BCUT2D eigenvalue weighted by Gasteiger charge is 2.24. The number of hydrogen-bond donors (Lipinski definition) is 2. The number of benzene rings is 1. The van der Waals surface area contributed by atoms with Crippen molar-refractivity contribution in [2.45, 2.75) is 38.1 Å². The van der Waals surface area contributed by atoms with Crippen LogP contribution >= 0.6 is 0 Å². The summed E-state index contributed by atoms with van der Waals surface area (Å²) in [5, 5.41) is 6.08. The number of nitrogens with one attached hydrogen (secondary N) is 2. The number of carbonyl (C=O) groups excluding carboxylic acids is 1. The Hall–Kier alpha value is -1.51.